The number of hydrogen-bond acceptors (Lipinski definition) is 2. The minimum absolute atomic E-state index is 0.135. The SMILES string of the molecule is CCSCC(N)c1cccc2ccccc12. The first-order valence-electron chi connectivity index (χ1n) is 5.64. The predicted octanol–water partition coefficient (Wildman–Crippen LogP) is 3.59. The molecule has 0 aliphatic carbocycles. The van der Waals surface area contributed by atoms with Crippen LogP contribution in [0.2, 0.25) is 0 Å². The molecule has 2 aromatic rings. The van der Waals surface area contributed by atoms with Gasteiger partial charge in [0.25, 0.3) is 0 Å². The van der Waals surface area contributed by atoms with Crippen LogP contribution in [0.5, 0.6) is 0 Å². The summed E-state index contributed by atoms with van der Waals surface area (Å²) in [5, 5.41) is 2.56. The first kappa shape index (κ1) is 11.5. The Labute approximate surface area is 101 Å². The maximum Gasteiger partial charge on any atom is 0.0392 e. The minimum Gasteiger partial charge on any atom is -0.323 e. The van der Waals surface area contributed by atoms with Gasteiger partial charge in [-0.2, -0.15) is 11.8 Å². The van der Waals surface area contributed by atoms with Crippen LogP contribution in [0.1, 0.15) is 18.5 Å². The molecule has 0 saturated heterocycles. The lowest BCUT2D eigenvalue weighted by atomic mass is 10.0. The Morgan fingerprint density at radius 2 is 1.88 bits per heavy atom. The molecule has 0 spiro atoms. The van der Waals surface area contributed by atoms with Gasteiger partial charge in [-0.25, -0.2) is 0 Å². The Morgan fingerprint density at radius 1 is 1.12 bits per heavy atom. The zero-order valence-corrected chi connectivity index (χ0v) is 10.3. The van der Waals surface area contributed by atoms with E-state index in [-0.39, 0.29) is 6.04 Å². The molecule has 0 aliphatic heterocycles. The predicted molar refractivity (Wildman–Crippen MR) is 73.9 cm³/mol. The lowest BCUT2D eigenvalue weighted by Crippen LogP contribution is -2.13. The molecule has 1 nitrogen and oxygen atoms in total. The van der Waals surface area contributed by atoms with Gasteiger partial charge in [-0.15, -0.1) is 0 Å². The molecule has 0 radical (unpaired) electrons. The lowest BCUT2D eigenvalue weighted by molar-refractivity contribution is 0.840. The molecule has 2 rings (SSSR count). The third-order valence-corrected chi connectivity index (χ3v) is 3.73. The van der Waals surface area contributed by atoms with Crippen molar-refractivity contribution < 1.29 is 0 Å². The smallest absolute Gasteiger partial charge is 0.0392 e. The second-order valence-corrected chi connectivity index (χ2v) is 5.15. The highest BCUT2D eigenvalue weighted by Gasteiger charge is 2.08. The number of benzene rings is 2. The van der Waals surface area contributed by atoms with Gasteiger partial charge in [0.1, 0.15) is 0 Å². The summed E-state index contributed by atoms with van der Waals surface area (Å²) in [4.78, 5) is 0. The highest BCUT2D eigenvalue weighted by atomic mass is 32.2. The second-order valence-electron chi connectivity index (χ2n) is 3.83. The topological polar surface area (TPSA) is 26.0 Å². The average Bonchev–Trinajstić information content (AvgIpc) is 2.35. The fourth-order valence-electron chi connectivity index (χ4n) is 1.91. The molecular weight excluding hydrogens is 214 g/mol. The largest absolute Gasteiger partial charge is 0.323 e. The van der Waals surface area contributed by atoms with Crippen molar-refractivity contribution in [2.24, 2.45) is 5.73 Å². The molecule has 1 atom stereocenters. The molecule has 0 amide bonds. The van der Waals surface area contributed by atoms with E-state index < -0.39 is 0 Å². The van der Waals surface area contributed by atoms with Gasteiger partial charge in [-0.05, 0) is 22.1 Å². The molecule has 0 saturated carbocycles. The molecule has 0 bridgehead atoms. The van der Waals surface area contributed by atoms with E-state index in [0.29, 0.717) is 0 Å². The number of thioether (sulfide) groups is 1. The van der Waals surface area contributed by atoms with Crippen LogP contribution in [0.3, 0.4) is 0 Å². The molecule has 1 unspecified atom stereocenters. The second kappa shape index (κ2) is 5.37. The number of rotatable bonds is 4. The fraction of sp³-hybridized carbons (Fsp3) is 0.286. The molecule has 16 heavy (non-hydrogen) atoms. The van der Waals surface area contributed by atoms with Crippen molar-refractivity contribution in [3.63, 3.8) is 0 Å². The molecule has 0 aromatic heterocycles. The Hall–Kier alpha value is -0.990. The van der Waals surface area contributed by atoms with Gasteiger partial charge in [-0.3, -0.25) is 0 Å². The van der Waals surface area contributed by atoms with Crippen LogP contribution in [0.15, 0.2) is 42.5 Å². The van der Waals surface area contributed by atoms with Crippen molar-refractivity contribution in [3.8, 4) is 0 Å². The van der Waals surface area contributed by atoms with Gasteiger partial charge in [0.15, 0.2) is 0 Å². The van der Waals surface area contributed by atoms with Gasteiger partial charge in [-0.1, -0.05) is 49.4 Å². The number of nitrogens with two attached hydrogens (primary N) is 1. The highest BCUT2D eigenvalue weighted by molar-refractivity contribution is 7.99. The quantitative estimate of drug-likeness (QED) is 0.870. The van der Waals surface area contributed by atoms with E-state index >= 15 is 0 Å². The molecule has 2 heteroatoms. The molecule has 0 aliphatic rings. The van der Waals surface area contributed by atoms with Crippen molar-refractivity contribution in [2.45, 2.75) is 13.0 Å². The standard InChI is InChI=1S/C14H17NS/c1-2-16-10-14(15)13-9-5-7-11-6-3-4-8-12(11)13/h3-9,14H,2,10,15H2,1H3. The summed E-state index contributed by atoms with van der Waals surface area (Å²) in [5.41, 5.74) is 7.49. The van der Waals surface area contributed by atoms with Gasteiger partial charge in [0.05, 0.1) is 0 Å². The Kier molecular flexibility index (Phi) is 3.86. The van der Waals surface area contributed by atoms with E-state index in [1.807, 2.05) is 11.8 Å². The summed E-state index contributed by atoms with van der Waals surface area (Å²) in [5.74, 6) is 2.11. The first-order valence-corrected chi connectivity index (χ1v) is 6.79. The van der Waals surface area contributed by atoms with Crippen molar-refractivity contribution in [1.82, 2.24) is 0 Å². The minimum atomic E-state index is 0.135. The van der Waals surface area contributed by atoms with Crippen molar-refractivity contribution in [1.29, 1.82) is 0 Å². The first-order chi connectivity index (χ1) is 7.83. The number of fused-ring (bicyclic) bond motifs is 1. The van der Waals surface area contributed by atoms with Crippen LogP contribution in [0.4, 0.5) is 0 Å². The highest BCUT2D eigenvalue weighted by Crippen LogP contribution is 2.24. The Balaban J connectivity index is 2.36. The van der Waals surface area contributed by atoms with Crippen LogP contribution >= 0.6 is 11.8 Å². The Bertz CT molecular complexity index is 462. The number of hydrogen-bond donors (Lipinski definition) is 1. The summed E-state index contributed by atoms with van der Waals surface area (Å²) in [6.07, 6.45) is 0. The molecular formula is C14H17NS. The summed E-state index contributed by atoms with van der Waals surface area (Å²) in [6.45, 7) is 2.17. The van der Waals surface area contributed by atoms with Crippen molar-refractivity contribution in [2.75, 3.05) is 11.5 Å². The van der Waals surface area contributed by atoms with Crippen molar-refractivity contribution >= 4 is 22.5 Å². The summed E-state index contributed by atoms with van der Waals surface area (Å²) >= 11 is 1.89. The maximum atomic E-state index is 6.23. The van der Waals surface area contributed by atoms with Crippen LogP contribution in [-0.4, -0.2) is 11.5 Å². The summed E-state index contributed by atoms with van der Waals surface area (Å²) in [7, 11) is 0. The van der Waals surface area contributed by atoms with Crippen LogP contribution in [0.25, 0.3) is 10.8 Å². The molecule has 0 heterocycles. The van der Waals surface area contributed by atoms with Crippen molar-refractivity contribution in [3.05, 3.63) is 48.0 Å². The average molecular weight is 231 g/mol. The fourth-order valence-corrected chi connectivity index (χ4v) is 2.58. The normalized spacial score (nSPS) is 12.9. The molecule has 84 valence electrons. The van der Waals surface area contributed by atoms with Crippen LogP contribution in [0, 0.1) is 0 Å². The van der Waals surface area contributed by atoms with Gasteiger partial charge >= 0.3 is 0 Å². The van der Waals surface area contributed by atoms with E-state index in [0.717, 1.165) is 11.5 Å². The van der Waals surface area contributed by atoms with Gasteiger partial charge < -0.3 is 5.73 Å². The molecule has 2 N–H and O–H groups in total. The van der Waals surface area contributed by atoms with Crippen LogP contribution in [-0.2, 0) is 0 Å². The summed E-state index contributed by atoms with van der Waals surface area (Å²) < 4.78 is 0. The molecule has 2 aromatic carbocycles. The zero-order chi connectivity index (χ0) is 11.4. The lowest BCUT2D eigenvalue weighted by Gasteiger charge is -2.13. The van der Waals surface area contributed by atoms with E-state index in [1.54, 1.807) is 0 Å². The van der Waals surface area contributed by atoms with E-state index in [9.17, 15) is 0 Å². The van der Waals surface area contributed by atoms with E-state index in [4.69, 9.17) is 5.73 Å². The van der Waals surface area contributed by atoms with E-state index in [2.05, 4.69) is 49.4 Å². The zero-order valence-electron chi connectivity index (χ0n) is 9.52. The maximum absolute atomic E-state index is 6.23. The third-order valence-electron chi connectivity index (χ3n) is 2.72. The van der Waals surface area contributed by atoms with Gasteiger partial charge in [0, 0.05) is 11.8 Å². The van der Waals surface area contributed by atoms with E-state index in [1.165, 1.54) is 16.3 Å². The molecule has 0 fully saturated rings. The van der Waals surface area contributed by atoms with Crippen LogP contribution < -0.4 is 5.73 Å². The Morgan fingerprint density at radius 3 is 2.69 bits per heavy atom. The summed E-state index contributed by atoms with van der Waals surface area (Å²) in [6, 6.07) is 14.9. The third kappa shape index (κ3) is 2.39. The van der Waals surface area contributed by atoms with Gasteiger partial charge in [0.2, 0.25) is 0 Å². The monoisotopic (exact) mass is 231 g/mol.